The van der Waals surface area contributed by atoms with E-state index in [2.05, 4.69) is 39.4 Å². The van der Waals surface area contributed by atoms with Crippen LogP contribution in [0.1, 0.15) is 32.4 Å². The highest BCUT2D eigenvalue weighted by Gasteiger charge is 2.15. The summed E-state index contributed by atoms with van der Waals surface area (Å²) in [6.07, 6.45) is 1.27. The van der Waals surface area contributed by atoms with Crippen molar-refractivity contribution in [2.45, 2.75) is 39.5 Å². The monoisotopic (exact) mass is 355 g/mol. The highest BCUT2D eigenvalue weighted by molar-refractivity contribution is 5.84. The quantitative estimate of drug-likeness (QED) is 0.481. The topological polar surface area (TPSA) is 114 Å². The van der Waals surface area contributed by atoms with E-state index < -0.39 is 6.10 Å². The first kappa shape index (κ1) is 17.9. The Morgan fingerprint density at radius 3 is 2.62 bits per heavy atom. The Morgan fingerprint density at radius 2 is 1.92 bits per heavy atom. The molecule has 138 valence electrons. The number of rotatable bonds is 7. The van der Waals surface area contributed by atoms with E-state index >= 15 is 0 Å². The second kappa shape index (κ2) is 7.57. The van der Waals surface area contributed by atoms with Gasteiger partial charge in [0.1, 0.15) is 0 Å². The highest BCUT2D eigenvalue weighted by atomic mass is 16.3. The molecule has 2 aromatic heterocycles. The van der Waals surface area contributed by atoms with Gasteiger partial charge in [-0.05, 0) is 32.4 Å². The molecular weight excluding hydrogens is 330 g/mol. The Bertz CT molecular complexity index is 888. The molecule has 0 spiro atoms. The molecule has 26 heavy (non-hydrogen) atoms. The van der Waals surface area contributed by atoms with Gasteiger partial charge in [0.25, 0.3) is 0 Å². The molecule has 1 aromatic carbocycles. The van der Waals surface area contributed by atoms with Gasteiger partial charge in [-0.1, -0.05) is 18.2 Å². The van der Waals surface area contributed by atoms with Crippen molar-refractivity contribution in [3.8, 4) is 0 Å². The van der Waals surface area contributed by atoms with Crippen LogP contribution in [-0.2, 0) is 6.54 Å². The molecule has 0 saturated heterocycles. The number of aliphatic hydroxyl groups excluding tert-OH is 1. The van der Waals surface area contributed by atoms with Crippen molar-refractivity contribution in [2.24, 2.45) is 0 Å². The van der Waals surface area contributed by atoms with Crippen LogP contribution in [-0.4, -0.2) is 37.3 Å². The minimum atomic E-state index is -0.496. The largest absolute Gasteiger partial charge is 0.398 e. The zero-order chi connectivity index (χ0) is 18.7. The molecule has 0 fully saturated rings. The molecule has 0 aliphatic carbocycles. The average Bonchev–Trinajstić information content (AvgIpc) is 3.03. The minimum Gasteiger partial charge on any atom is -0.398 e. The van der Waals surface area contributed by atoms with Gasteiger partial charge in [0.15, 0.2) is 17.0 Å². The fourth-order valence-corrected chi connectivity index (χ4v) is 2.61. The van der Waals surface area contributed by atoms with E-state index in [1.54, 1.807) is 13.3 Å². The summed E-state index contributed by atoms with van der Waals surface area (Å²) in [5.74, 6) is 1.08. The van der Waals surface area contributed by atoms with Gasteiger partial charge < -0.3 is 26.0 Å². The van der Waals surface area contributed by atoms with E-state index in [1.165, 1.54) is 0 Å². The molecular formula is C18H25N7O. The molecule has 8 heteroatoms. The number of nitrogen functional groups attached to an aromatic ring is 1. The molecule has 3 aromatic rings. The van der Waals surface area contributed by atoms with Gasteiger partial charge in [-0.25, -0.2) is 4.98 Å². The number of nitrogens with two attached hydrogens (primary N) is 1. The Balaban J connectivity index is 1.95. The standard InChI is InChI=1S/C18H25N7O/c1-11(2)25-10-22-15-16(20-9-13-6-4-5-7-14(13)19)23-18(24-17(15)25)21-8-12(3)26/h4-7,10-12,26H,8-9,19H2,1-3H3,(H2,20,21,23,24). The van der Waals surface area contributed by atoms with Crippen LogP contribution >= 0.6 is 0 Å². The summed E-state index contributed by atoms with van der Waals surface area (Å²) in [6.45, 7) is 6.75. The Labute approximate surface area is 152 Å². The number of hydrogen-bond donors (Lipinski definition) is 4. The third-order valence-electron chi connectivity index (χ3n) is 4.03. The Hall–Kier alpha value is -2.87. The third-order valence-corrected chi connectivity index (χ3v) is 4.03. The number of imidazole rings is 1. The number of nitrogens with one attached hydrogen (secondary N) is 2. The molecule has 0 radical (unpaired) electrons. The fraction of sp³-hybridized carbons (Fsp3) is 0.389. The van der Waals surface area contributed by atoms with Crippen LogP contribution in [0.4, 0.5) is 17.5 Å². The molecule has 1 atom stereocenters. The lowest BCUT2D eigenvalue weighted by molar-refractivity contribution is 0.208. The van der Waals surface area contributed by atoms with Crippen molar-refractivity contribution < 1.29 is 5.11 Å². The number of fused-ring (bicyclic) bond motifs is 1. The summed E-state index contributed by atoms with van der Waals surface area (Å²) >= 11 is 0. The number of aliphatic hydroxyl groups is 1. The van der Waals surface area contributed by atoms with Crippen molar-refractivity contribution in [3.05, 3.63) is 36.2 Å². The van der Waals surface area contributed by atoms with Crippen LogP contribution in [0.2, 0.25) is 0 Å². The SMILES string of the molecule is CC(O)CNc1nc(NCc2ccccc2N)c2ncn(C(C)C)c2n1. The molecule has 0 bridgehead atoms. The first-order chi connectivity index (χ1) is 12.5. The second-order valence-corrected chi connectivity index (χ2v) is 6.60. The van der Waals surface area contributed by atoms with Crippen LogP contribution in [0.3, 0.4) is 0 Å². The van der Waals surface area contributed by atoms with E-state index in [9.17, 15) is 5.11 Å². The summed E-state index contributed by atoms with van der Waals surface area (Å²) in [5, 5.41) is 15.9. The van der Waals surface area contributed by atoms with Crippen molar-refractivity contribution in [2.75, 3.05) is 22.9 Å². The average molecular weight is 355 g/mol. The number of hydrogen-bond acceptors (Lipinski definition) is 7. The highest BCUT2D eigenvalue weighted by Crippen LogP contribution is 2.24. The van der Waals surface area contributed by atoms with Gasteiger partial charge in [0.05, 0.1) is 12.4 Å². The predicted octanol–water partition coefficient (Wildman–Crippen LogP) is 2.39. The van der Waals surface area contributed by atoms with Crippen molar-refractivity contribution in [3.63, 3.8) is 0 Å². The van der Waals surface area contributed by atoms with Crippen LogP contribution < -0.4 is 16.4 Å². The molecule has 8 nitrogen and oxygen atoms in total. The second-order valence-electron chi connectivity index (χ2n) is 6.60. The number of benzene rings is 1. The van der Waals surface area contributed by atoms with Gasteiger partial charge in [0, 0.05) is 24.8 Å². The fourth-order valence-electron chi connectivity index (χ4n) is 2.61. The summed E-state index contributed by atoms with van der Waals surface area (Å²) in [5.41, 5.74) is 9.18. The zero-order valence-electron chi connectivity index (χ0n) is 15.3. The predicted molar refractivity (Wildman–Crippen MR) is 104 cm³/mol. The summed E-state index contributed by atoms with van der Waals surface area (Å²) in [7, 11) is 0. The maximum absolute atomic E-state index is 9.52. The number of anilines is 3. The van der Waals surface area contributed by atoms with Crippen LogP contribution in [0.15, 0.2) is 30.6 Å². The summed E-state index contributed by atoms with van der Waals surface area (Å²) in [6, 6.07) is 7.92. The normalized spacial score (nSPS) is 12.5. The van der Waals surface area contributed by atoms with Gasteiger partial charge >= 0.3 is 0 Å². The van der Waals surface area contributed by atoms with E-state index in [1.807, 2.05) is 28.8 Å². The van der Waals surface area contributed by atoms with Crippen LogP contribution in [0.25, 0.3) is 11.2 Å². The smallest absolute Gasteiger partial charge is 0.226 e. The Kier molecular flexibility index (Phi) is 5.22. The van der Waals surface area contributed by atoms with E-state index in [4.69, 9.17) is 5.73 Å². The van der Waals surface area contributed by atoms with Crippen LogP contribution in [0.5, 0.6) is 0 Å². The molecule has 0 saturated carbocycles. The van der Waals surface area contributed by atoms with E-state index in [0.717, 1.165) is 16.9 Å². The van der Waals surface area contributed by atoms with Gasteiger partial charge in [-0.2, -0.15) is 9.97 Å². The molecule has 0 aliphatic rings. The number of nitrogens with zero attached hydrogens (tertiary/aromatic N) is 4. The molecule has 5 N–H and O–H groups in total. The maximum atomic E-state index is 9.52. The maximum Gasteiger partial charge on any atom is 0.226 e. The van der Waals surface area contributed by atoms with Gasteiger partial charge in [0.2, 0.25) is 5.95 Å². The first-order valence-electron chi connectivity index (χ1n) is 8.69. The lowest BCUT2D eigenvalue weighted by Crippen LogP contribution is -2.18. The van der Waals surface area contributed by atoms with Crippen molar-refractivity contribution in [1.29, 1.82) is 0 Å². The van der Waals surface area contributed by atoms with Crippen LogP contribution in [0, 0.1) is 0 Å². The van der Waals surface area contributed by atoms with Crippen molar-refractivity contribution in [1.82, 2.24) is 19.5 Å². The van der Waals surface area contributed by atoms with Gasteiger partial charge in [-0.15, -0.1) is 0 Å². The van der Waals surface area contributed by atoms with E-state index in [-0.39, 0.29) is 6.04 Å². The van der Waals surface area contributed by atoms with E-state index in [0.29, 0.717) is 30.4 Å². The molecule has 0 amide bonds. The van der Waals surface area contributed by atoms with Gasteiger partial charge in [-0.3, -0.25) is 0 Å². The lowest BCUT2D eigenvalue weighted by atomic mass is 10.2. The molecule has 2 heterocycles. The molecule has 3 rings (SSSR count). The van der Waals surface area contributed by atoms with Crippen molar-refractivity contribution >= 4 is 28.6 Å². The minimum absolute atomic E-state index is 0.220. The Morgan fingerprint density at radius 1 is 1.15 bits per heavy atom. The molecule has 1 unspecified atom stereocenters. The first-order valence-corrected chi connectivity index (χ1v) is 8.69. The molecule has 0 aliphatic heterocycles. The number of para-hydroxylation sites is 1. The third kappa shape index (κ3) is 3.85. The zero-order valence-corrected chi connectivity index (χ0v) is 15.3. The number of aromatic nitrogens is 4. The lowest BCUT2D eigenvalue weighted by Gasteiger charge is -2.13. The summed E-state index contributed by atoms with van der Waals surface area (Å²) in [4.78, 5) is 13.6. The summed E-state index contributed by atoms with van der Waals surface area (Å²) < 4.78 is 1.99.